The molecule has 2 saturated heterocycles. The van der Waals surface area contributed by atoms with E-state index in [9.17, 15) is 14.7 Å². The molecule has 5 aliphatic heterocycles. The first-order valence-corrected chi connectivity index (χ1v) is 25.0. The smallest absolute Gasteiger partial charge is 0.352 e. The van der Waals surface area contributed by atoms with Crippen molar-refractivity contribution in [1.29, 1.82) is 0 Å². The summed E-state index contributed by atoms with van der Waals surface area (Å²) in [6, 6.07) is 27.8. The number of fused-ring (bicyclic) bond motifs is 6. The zero-order valence-corrected chi connectivity index (χ0v) is 39.0. The summed E-state index contributed by atoms with van der Waals surface area (Å²) in [5.41, 5.74) is 7.52. The maximum Gasteiger partial charge on any atom is 0.352 e. The second-order valence-electron chi connectivity index (χ2n) is 17.5. The summed E-state index contributed by atoms with van der Waals surface area (Å²) in [6.07, 6.45) is 4.56. The van der Waals surface area contributed by atoms with Gasteiger partial charge in [0.15, 0.2) is 41.9 Å². The van der Waals surface area contributed by atoms with Gasteiger partial charge in [-0.05, 0) is 87.4 Å². The average Bonchev–Trinajstić information content (AvgIpc) is 4.11. The van der Waals surface area contributed by atoms with Gasteiger partial charge in [-0.25, -0.2) is 4.79 Å². The van der Waals surface area contributed by atoms with Crippen LogP contribution in [0.4, 0.5) is 0 Å². The maximum atomic E-state index is 12.9. The fourth-order valence-corrected chi connectivity index (χ4v) is 14.8. The number of rotatable bonds is 14. The van der Waals surface area contributed by atoms with E-state index in [2.05, 4.69) is 54.6 Å². The zero-order valence-electron chi connectivity index (χ0n) is 37.2. The van der Waals surface area contributed by atoms with Crippen LogP contribution in [-0.2, 0) is 24.4 Å². The number of para-hydroxylation sites is 2. The first-order chi connectivity index (χ1) is 31.6. The van der Waals surface area contributed by atoms with Crippen molar-refractivity contribution < 1.29 is 47.4 Å². The van der Waals surface area contributed by atoms with Crippen molar-refractivity contribution >= 4 is 29.2 Å². The second-order valence-corrected chi connectivity index (χ2v) is 20.5. The molecule has 65 heavy (non-hydrogen) atoms. The minimum absolute atomic E-state index is 0.0418. The SMILES string of the molecule is CCCCC1(CCCC)c2cccc(OP3n4c(C=O)ccc4C(C)c4ccc(C5OC(C)O5)n43)c2Oc2c(OP3n4c(C(=O)O)ccc4C(C)c4ccc(C5OC(C)O5)n43)cccc21. The number of hydrogen-bond acceptors (Lipinski definition) is 9. The molecule has 0 saturated carbocycles. The number of aromatic nitrogens is 4. The number of aldehydes is 1. The quantitative estimate of drug-likeness (QED) is 0.0830. The second kappa shape index (κ2) is 16.3. The molecule has 0 amide bonds. The van der Waals surface area contributed by atoms with Crippen LogP contribution in [0.1, 0.15) is 171 Å². The highest BCUT2D eigenvalue weighted by Gasteiger charge is 2.47. The number of nitrogens with zero attached hydrogens (tertiary/aromatic N) is 4. The van der Waals surface area contributed by atoms with Crippen molar-refractivity contribution in [1.82, 2.24) is 17.4 Å². The molecule has 9 heterocycles. The number of carboxylic acids is 1. The molecular weight excluding hydrogens is 867 g/mol. The Labute approximate surface area is 379 Å². The molecule has 0 spiro atoms. The Morgan fingerprint density at radius 2 is 1.08 bits per heavy atom. The van der Waals surface area contributed by atoms with Crippen LogP contribution >= 0.6 is 16.9 Å². The molecule has 1 N–H and O–H groups in total. The molecule has 2 fully saturated rings. The first-order valence-electron chi connectivity index (χ1n) is 22.7. The molecule has 6 aromatic rings. The van der Waals surface area contributed by atoms with Gasteiger partial charge in [-0.3, -0.25) is 22.1 Å². The maximum absolute atomic E-state index is 12.9. The molecule has 4 aromatic heterocycles. The van der Waals surface area contributed by atoms with Crippen LogP contribution in [0.25, 0.3) is 0 Å². The lowest BCUT2D eigenvalue weighted by Crippen LogP contribution is -2.34. The van der Waals surface area contributed by atoms with Gasteiger partial charge in [-0.15, -0.1) is 0 Å². The van der Waals surface area contributed by atoms with E-state index < -0.39 is 40.9 Å². The summed E-state index contributed by atoms with van der Waals surface area (Å²) in [5.74, 6) is 0.899. The van der Waals surface area contributed by atoms with Gasteiger partial charge in [-0.2, -0.15) is 0 Å². The highest BCUT2D eigenvalue weighted by molar-refractivity contribution is 7.50. The number of aromatic carboxylic acids is 1. The largest absolute Gasteiger partial charge is 0.477 e. The van der Waals surface area contributed by atoms with Crippen LogP contribution in [0.2, 0.25) is 0 Å². The third-order valence-corrected chi connectivity index (χ3v) is 17.6. The van der Waals surface area contributed by atoms with Gasteiger partial charge in [0.1, 0.15) is 5.69 Å². The molecule has 14 nitrogen and oxygen atoms in total. The van der Waals surface area contributed by atoms with E-state index in [0.717, 1.165) is 90.1 Å². The molecular formula is C49H52N4O10P2. The standard InChI is InChI=1S/C49H52N4O10P2/c1-7-9-25-49(26-10-8-2)33-13-11-15-42(62-64-50-32(27-54)17-18-35(50)28(3)37-20-23-40(52(37)64)47-57-30(5)58-47)44(33)61-45-34(49)14-12-16-43(45)63-65-51-36(19-22-39(51)46(55)56)29(4)38-21-24-41(53(38)65)48-59-31(6)60-48/h11-24,27-31,47-48H,7-10,25-26H2,1-6H3,(H,55,56). The summed E-state index contributed by atoms with van der Waals surface area (Å²) < 4.78 is 54.2. The number of ether oxygens (including phenoxy) is 5. The Bertz CT molecular complexity index is 2820. The van der Waals surface area contributed by atoms with Gasteiger partial charge in [0.05, 0.1) is 17.1 Å². The normalized spacial score (nSPS) is 25.3. The van der Waals surface area contributed by atoms with Gasteiger partial charge in [-0.1, -0.05) is 77.6 Å². The Hall–Kier alpha value is -5.20. The van der Waals surface area contributed by atoms with E-state index in [0.29, 0.717) is 28.7 Å². The summed E-state index contributed by atoms with van der Waals surface area (Å²) in [7, 11) is -3.71. The van der Waals surface area contributed by atoms with Gasteiger partial charge in [0.25, 0.3) is 0 Å². The molecule has 4 unspecified atom stereocenters. The molecule has 338 valence electrons. The van der Waals surface area contributed by atoms with Crippen molar-refractivity contribution in [3.8, 4) is 23.0 Å². The fourth-order valence-electron chi connectivity index (χ4n) is 10.4. The summed E-state index contributed by atoms with van der Waals surface area (Å²) in [6.45, 7) is 12.3. The van der Waals surface area contributed by atoms with E-state index in [1.807, 2.05) is 83.2 Å². The molecule has 0 aliphatic carbocycles. The van der Waals surface area contributed by atoms with Crippen LogP contribution in [0, 0.1) is 0 Å². The van der Waals surface area contributed by atoms with Crippen LogP contribution in [0.3, 0.4) is 0 Å². The van der Waals surface area contributed by atoms with Crippen LogP contribution in [0.5, 0.6) is 23.0 Å². The third-order valence-electron chi connectivity index (χ3n) is 13.6. The summed E-state index contributed by atoms with van der Waals surface area (Å²) in [5, 5.41) is 10.6. The predicted octanol–water partition coefficient (Wildman–Crippen LogP) is 12.3. The summed E-state index contributed by atoms with van der Waals surface area (Å²) >= 11 is 0. The monoisotopic (exact) mass is 918 g/mol. The number of carbonyl (C=O) groups excluding carboxylic acids is 1. The van der Waals surface area contributed by atoms with E-state index >= 15 is 0 Å². The van der Waals surface area contributed by atoms with Crippen molar-refractivity contribution in [2.24, 2.45) is 0 Å². The molecule has 0 radical (unpaired) electrons. The van der Waals surface area contributed by atoms with Crippen molar-refractivity contribution in [3.63, 3.8) is 0 Å². The number of unbranched alkanes of at least 4 members (excludes halogenated alkanes) is 2. The van der Waals surface area contributed by atoms with Gasteiger partial charge >= 0.3 is 22.9 Å². The van der Waals surface area contributed by atoms with E-state index in [4.69, 9.17) is 32.7 Å². The van der Waals surface area contributed by atoms with Crippen LogP contribution in [0.15, 0.2) is 84.9 Å². The Kier molecular flexibility index (Phi) is 10.6. The minimum atomic E-state index is -1.93. The highest BCUT2D eigenvalue weighted by atomic mass is 31.2. The lowest BCUT2D eigenvalue weighted by Gasteiger charge is -2.43. The van der Waals surface area contributed by atoms with Crippen LogP contribution in [-0.4, -0.2) is 47.3 Å². The van der Waals surface area contributed by atoms with Crippen LogP contribution < -0.4 is 13.8 Å². The van der Waals surface area contributed by atoms with Gasteiger partial charge < -0.3 is 37.8 Å². The molecule has 5 aliphatic rings. The molecule has 4 atom stereocenters. The Balaban J connectivity index is 1.07. The average molecular weight is 919 g/mol. The topological polar surface area (TPSA) is 139 Å². The van der Waals surface area contributed by atoms with Crippen molar-refractivity contribution in [2.45, 2.75) is 122 Å². The summed E-state index contributed by atoms with van der Waals surface area (Å²) in [4.78, 5) is 25.7. The lowest BCUT2D eigenvalue weighted by molar-refractivity contribution is -0.384. The molecule has 16 heteroatoms. The number of benzene rings is 2. The molecule has 2 aromatic carbocycles. The predicted molar refractivity (Wildman–Crippen MR) is 243 cm³/mol. The first kappa shape index (κ1) is 42.4. The highest BCUT2D eigenvalue weighted by Crippen LogP contribution is 2.63. The Morgan fingerprint density at radius 3 is 1.55 bits per heavy atom. The van der Waals surface area contributed by atoms with E-state index in [1.165, 1.54) is 0 Å². The third kappa shape index (κ3) is 6.50. The van der Waals surface area contributed by atoms with Crippen molar-refractivity contribution in [2.75, 3.05) is 0 Å². The van der Waals surface area contributed by atoms with E-state index in [1.54, 1.807) is 6.07 Å². The van der Waals surface area contributed by atoms with Gasteiger partial charge in [0.2, 0.25) is 12.6 Å². The number of carbonyl (C=O) groups is 2. The number of carboxylic acid groups (broad SMARTS) is 1. The number of hydrogen-bond donors (Lipinski definition) is 1. The minimum Gasteiger partial charge on any atom is -0.477 e. The zero-order chi connectivity index (χ0) is 44.9. The van der Waals surface area contributed by atoms with Gasteiger partial charge in [0, 0.05) is 51.2 Å². The molecule has 11 rings (SSSR count). The van der Waals surface area contributed by atoms with Crippen molar-refractivity contribution in [3.05, 3.63) is 142 Å². The lowest BCUT2D eigenvalue weighted by atomic mass is 9.66. The fraction of sp³-hybridized carbons (Fsp3) is 0.388. The Morgan fingerprint density at radius 1 is 0.631 bits per heavy atom. The molecule has 0 bridgehead atoms. The van der Waals surface area contributed by atoms with E-state index in [-0.39, 0.29) is 30.1 Å².